The average Bonchev–Trinajstić information content (AvgIpc) is 2.38. The van der Waals surface area contributed by atoms with E-state index >= 15 is 0 Å². The van der Waals surface area contributed by atoms with E-state index in [0.717, 1.165) is 24.9 Å². The Morgan fingerprint density at radius 2 is 1.90 bits per heavy atom. The van der Waals surface area contributed by atoms with Crippen molar-refractivity contribution in [3.8, 4) is 0 Å². The van der Waals surface area contributed by atoms with Gasteiger partial charge >= 0.3 is 0 Å². The molecular weight excluding hydrogens is 273 g/mol. The van der Waals surface area contributed by atoms with Gasteiger partial charge in [0.15, 0.2) is 0 Å². The number of hydrogen-bond acceptors (Lipinski definition) is 1. The predicted octanol–water partition coefficient (Wildman–Crippen LogP) is 5.20. The quantitative estimate of drug-likeness (QED) is 0.805. The highest BCUT2D eigenvalue weighted by Crippen LogP contribution is 2.40. The summed E-state index contributed by atoms with van der Waals surface area (Å²) >= 11 is 6.06. The van der Waals surface area contributed by atoms with E-state index in [2.05, 4.69) is 26.1 Å². The molecule has 1 aromatic rings. The lowest BCUT2D eigenvalue weighted by atomic mass is 9.72. The van der Waals surface area contributed by atoms with Crippen molar-refractivity contribution in [2.75, 3.05) is 6.54 Å². The van der Waals surface area contributed by atoms with Crippen LogP contribution in [-0.4, -0.2) is 6.54 Å². The Kier molecular flexibility index (Phi) is 5.45. The number of benzene rings is 1. The van der Waals surface area contributed by atoms with Crippen LogP contribution in [0.3, 0.4) is 0 Å². The van der Waals surface area contributed by atoms with Crippen molar-refractivity contribution in [2.45, 2.75) is 46.1 Å². The maximum absolute atomic E-state index is 14.2. The molecule has 1 N–H and O–H groups in total. The van der Waals surface area contributed by atoms with Crippen molar-refractivity contribution >= 4 is 11.6 Å². The van der Waals surface area contributed by atoms with Crippen LogP contribution in [0, 0.1) is 23.6 Å². The standard InChI is InChI=1S/C17H25ClFN/c1-4-20-17(13-8-11(2)7-12(3)9-13)15-10-14(18)5-6-16(15)19/h5-6,10-13,17,20H,4,7-9H2,1-3H3. The summed E-state index contributed by atoms with van der Waals surface area (Å²) < 4.78 is 14.2. The van der Waals surface area contributed by atoms with Crippen LogP contribution in [0.5, 0.6) is 0 Å². The van der Waals surface area contributed by atoms with Crippen molar-refractivity contribution in [1.82, 2.24) is 5.32 Å². The fourth-order valence-corrected chi connectivity index (χ4v) is 3.97. The molecule has 1 aromatic carbocycles. The van der Waals surface area contributed by atoms with Crippen LogP contribution in [-0.2, 0) is 0 Å². The minimum absolute atomic E-state index is 0.0731. The SMILES string of the molecule is CCNC(c1cc(Cl)ccc1F)C1CC(C)CC(C)C1. The Bertz CT molecular complexity index is 439. The summed E-state index contributed by atoms with van der Waals surface area (Å²) in [6, 6.07) is 4.96. The van der Waals surface area contributed by atoms with E-state index in [1.807, 2.05) is 0 Å². The zero-order valence-corrected chi connectivity index (χ0v) is 13.4. The maximum Gasteiger partial charge on any atom is 0.128 e. The predicted molar refractivity (Wildman–Crippen MR) is 83.5 cm³/mol. The van der Waals surface area contributed by atoms with Crippen LogP contribution in [0.25, 0.3) is 0 Å². The van der Waals surface area contributed by atoms with Gasteiger partial charge in [-0.15, -0.1) is 0 Å². The van der Waals surface area contributed by atoms with Crippen LogP contribution in [0.4, 0.5) is 4.39 Å². The summed E-state index contributed by atoms with van der Waals surface area (Å²) in [6.45, 7) is 7.53. The highest BCUT2D eigenvalue weighted by molar-refractivity contribution is 6.30. The molecule has 0 bridgehead atoms. The number of hydrogen-bond donors (Lipinski definition) is 1. The summed E-state index contributed by atoms with van der Waals surface area (Å²) in [5.74, 6) is 1.77. The second-order valence-electron chi connectivity index (χ2n) is 6.38. The van der Waals surface area contributed by atoms with E-state index in [1.165, 1.54) is 12.5 Å². The largest absolute Gasteiger partial charge is 0.310 e. The molecule has 0 saturated heterocycles. The molecule has 0 radical (unpaired) electrons. The van der Waals surface area contributed by atoms with Crippen molar-refractivity contribution < 1.29 is 4.39 Å². The van der Waals surface area contributed by atoms with Gasteiger partial charge in [0.25, 0.3) is 0 Å². The third kappa shape index (κ3) is 3.73. The molecule has 0 aliphatic heterocycles. The van der Waals surface area contributed by atoms with Gasteiger partial charge in [0, 0.05) is 16.6 Å². The fraction of sp³-hybridized carbons (Fsp3) is 0.647. The second-order valence-corrected chi connectivity index (χ2v) is 6.82. The zero-order valence-electron chi connectivity index (χ0n) is 12.6. The van der Waals surface area contributed by atoms with Crippen LogP contribution in [0.1, 0.15) is 51.6 Å². The van der Waals surface area contributed by atoms with E-state index in [9.17, 15) is 4.39 Å². The van der Waals surface area contributed by atoms with Gasteiger partial charge < -0.3 is 5.32 Å². The Morgan fingerprint density at radius 1 is 1.25 bits per heavy atom. The molecule has 2 rings (SSSR count). The third-order valence-corrected chi connectivity index (χ3v) is 4.64. The van der Waals surface area contributed by atoms with Crippen LogP contribution >= 0.6 is 11.6 Å². The van der Waals surface area contributed by atoms with Crippen molar-refractivity contribution in [1.29, 1.82) is 0 Å². The molecule has 20 heavy (non-hydrogen) atoms. The molecule has 0 aromatic heterocycles. The maximum atomic E-state index is 14.2. The molecule has 1 saturated carbocycles. The third-order valence-electron chi connectivity index (χ3n) is 4.40. The van der Waals surface area contributed by atoms with Crippen LogP contribution in [0.15, 0.2) is 18.2 Å². The first-order valence-corrected chi connectivity index (χ1v) is 8.07. The van der Waals surface area contributed by atoms with Gasteiger partial charge in [-0.2, -0.15) is 0 Å². The first kappa shape index (κ1) is 15.8. The molecule has 0 amide bonds. The van der Waals surface area contributed by atoms with Crippen molar-refractivity contribution in [3.63, 3.8) is 0 Å². The van der Waals surface area contributed by atoms with Gasteiger partial charge in [0.05, 0.1) is 0 Å². The normalized spacial score (nSPS) is 28.4. The molecule has 3 unspecified atom stereocenters. The average molecular weight is 298 g/mol. The lowest BCUT2D eigenvalue weighted by Crippen LogP contribution is -2.33. The molecule has 3 heteroatoms. The summed E-state index contributed by atoms with van der Waals surface area (Å²) in [6.07, 6.45) is 3.61. The molecule has 1 fully saturated rings. The van der Waals surface area contributed by atoms with Gasteiger partial charge in [-0.25, -0.2) is 4.39 Å². The molecule has 3 atom stereocenters. The summed E-state index contributed by atoms with van der Waals surface area (Å²) in [4.78, 5) is 0. The molecule has 1 aliphatic carbocycles. The second kappa shape index (κ2) is 6.91. The number of nitrogens with one attached hydrogen (secondary N) is 1. The Labute approximate surface area is 126 Å². The van der Waals surface area contributed by atoms with Crippen LogP contribution < -0.4 is 5.32 Å². The van der Waals surface area contributed by atoms with E-state index in [4.69, 9.17) is 11.6 Å². The Morgan fingerprint density at radius 3 is 2.50 bits per heavy atom. The smallest absolute Gasteiger partial charge is 0.128 e. The van der Waals surface area contributed by atoms with E-state index in [1.54, 1.807) is 12.1 Å². The highest BCUT2D eigenvalue weighted by atomic mass is 35.5. The summed E-state index contributed by atoms with van der Waals surface area (Å²) in [5, 5.41) is 4.09. The van der Waals surface area contributed by atoms with E-state index in [-0.39, 0.29) is 11.9 Å². The fourth-order valence-electron chi connectivity index (χ4n) is 3.78. The highest BCUT2D eigenvalue weighted by Gasteiger charge is 2.31. The molecular formula is C17H25ClFN. The molecule has 112 valence electrons. The lowest BCUT2D eigenvalue weighted by Gasteiger charge is -2.37. The minimum Gasteiger partial charge on any atom is -0.310 e. The Balaban J connectivity index is 2.28. The first-order chi connectivity index (χ1) is 9.51. The number of rotatable bonds is 4. The number of halogens is 2. The molecule has 0 spiro atoms. The van der Waals surface area contributed by atoms with Gasteiger partial charge in [-0.3, -0.25) is 0 Å². The molecule has 1 aliphatic rings. The first-order valence-electron chi connectivity index (χ1n) is 7.69. The Hall–Kier alpha value is -0.600. The van der Waals surface area contributed by atoms with E-state index in [0.29, 0.717) is 22.8 Å². The van der Waals surface area contributed by atoms with Crippen molar-refractivity contribution in [2.24, 2.45) is 17.8 Å². The zero-order chi connectivity index (χ0) is 14.7. The van der Waals surface area contributed by atoms with Gasteiger partial charge in [-0.1, -0.05) is 32.4 Å². The topological polar surface area (TPSA) is 12.0 Å². The molecule has 1 nitrogen and oxygen atoms in total. The lowest BCUT2D eigenvalue weighted by molar-refractivity contribution is 0.175. The van der Waals surface area contributed by atoms with Gasteiger partial charge in [-0.05, 0) is 61.8 Å². The van der Waals surface area contributed by atoms with Crippen molar-refractivity contribution in [3.05, 3.63) is 34.6 Å². The van der Waals surface area contributed by atoms with Crippen LogP contribution in [0.2, 0.25) is 5.02 Å². The monoisotopic (exact) mass is 297 g/mol. The molecule has 0 heterocycles. The summed E-state index contributed by atoms with van der Waals surface area (Å²) in [7, 11) is 0. The van der Waals surface area contributed by atoms with E-state index < -0.39 is 0 Å². The summed E-state index contributed by atoms with van der Waals surface area (Å²) in [5.41, 5.74) is 0.727. The van der Waals surface area contributed by atoms with Gasteiger partial charge in [0.1, 0.15) is 5.82 Å². The minimum atomic E-state index is -0.147. The van der Waals surface area contributed by atoms with Gasteiger partial charge in [0.2, 0.25) is 0 Å².